The molecule has 0 spiro atoms. The minimum atomic E-state index is 0.259. The summed E-state index contributed by atoms with van der Waals surface area (Å²) in [6, 6.07) is 0. The first-order chi connectivity index (χ1) is 7.44. The van der Waals surface area contributed by atoms with Crippen LogP contribution in [0.1, 0.15) is 67.2 Å². The van der Waals surface area contributed by atoms with E-state index in [0.717, 1.165) is 12.8 Å². The van der Waals surface area contributed by atoms with Crippen molar-refractivity contribution in [1.82, 2.24) is 0 Å². The Hall–Kier alpha value is -0.660. The Morgan fingerprint density at radius 1 is 0.812 bits per heavy atom. The molecule has 2 unspecified atom stereocenters. The zero-order chi connectivity index (χ0) is 13.1. The van der Waals surface area contributed by atoms with Gasteiger partial charge in [0.25, 0.3) is 0 Å². The fraction of sp³-hybridized carbons (Fsp3) is 0.857. The van der Waals surface area contributed by atoms with E-state index in [2.05, 4.69) is 13.8 Å². The molecule has 0 saturated carbocycles. The molecule has 0 aromatic carbocycles. The summed E-state index contributed by atoms with van der Waals surface area (Å²) in [6.45, 7) is 11.9. The van der Waals surface area contributed by atoms with E-state index in [1.54, 1.807) is 0 Å². The van der Waals surface area contributed by atoms with E-state index in [9.17, 15) is 9.59 Å². The molecule has 0 aromatic rings. The van der Waals surface area contributed by atoms with Gasteiger partial charge in [0.05, 0.1) is 0 Å². The van der Waals surface area contributed by atoms with E-state index in [4.69, 9.17) is 0 Å². The molecule has 0 rings (SSSR count). The molecule has 0 aliphatic heterocycles. The SMILES string of the molecule is CCC(=O)CC.CCC(C)C(=O)C(C)CC. The number of carbonyl (C=O) groups excluding carboxylic acids is 2. The fourth-order valence-corrected chi connectivity index (χ4v) is 1.14. The molecule has 0 aromatic heterocycles. The highest BCUT2D eigenvalue weighted by atomic mass is 16.1. The van der Waals surface area contributed by atoms with Gasteiger partial charge in [0.1, 0.15) is 11.6 Å². The third-order valence-electron chi connectivity index (χ3n) is 2.98. The van der Waals surface area contributed by atoms with Gasteiger partial charge in [-0.05, 0) is 12.8 Å². The highest BCUT2D eigenvalue weighted by molar-refractivity contribution is 5.82. The first-order valence-electron chi connectivity index (χ1n) is 6.49. The second kappa shape index (κ2) is 10.8. The van der Waals surface area contributed by atoms with Gasteiger partial charge in [0.15, 0.2) is 0 Å². The van der Waals surface area contributed by atoms with Gasteiger partial charge in [0.2, 0.25) is 0 Å². The first-order valence-corrected chi connectivity index (χ1v) is 6.49. The van der Waals surface area contributed by atoms with Crippen LogP contribution in [0.2, 0.25) is 0 Å². The van der Waals surface area contributed by atoms with Gasteiger partial charge in [-0.15, -0.1) is 0 Å². The van der Waals surface area contributed by atoms with Crippen LogP contribution >= 0.6 is 0 Å². The standard InChI is InChI=1S/C9H18O.C5H10O/c1-5-7(3)9(10)8(4)6-2;1-3-5(6)4-2/h7-8H,5-6H2,1-4H3;3-4H2,1-2H3. The molecule has 0 fully saturated rings. The molecule has 0 heterocycles. The minimum Gasteiger partial charge on any atom is -0.300 e. The number of hydrogen-bond acceptors (Lipinski definition) is 2. The quantitative estimate of drug-likeness (QED) is 0.688. The summed E-state index contributed by atoms with van der Waals surface area (Å²) in [4.78, 5) is 21.5. The number of hydrogen-bond donors (Lipinski definition) is 0. The van der Waals surface area contributed by atoms with Gasteiger partial charge in [-0.25, -0.2) is 0 Å². The molecule has 0 bridgehead atoms. The van der Waals surface area contributed by atoms with Gasteiger partial charge in [0, 0.05) is 24.7 Å². The van der Waals surface area contributed by atoms with Gasteiger partial charge in [-0.2, -0.15) is 0 Å². The summed E-state index contributed by atoms with van der Waals surface area (Å²) >= 11 is 0. The Morgan fingerprint density at radius 2 is 1.12 bits per heavy atom. The smallest absolute Gasteiger partial charge is 0.138 e. The third-order valence-corrected chi connectivity index (χ3v) is 2.98. The average molecular weight is 228 g/mol. The lowest BCUT2D eigenvalue weighted by Gasteiger charge is -2.11. The maximum Gasteiger partial charge on any atom is 0.138 e. The summed E-state index contributed by atoms with van der Waals surface area (Å²) < 4.78 is 0. The summed E-state index contributed by atoms with van der Waals surface area (Å²) in [5, 5.41) is 0. The summed E-state index contributed by atoms with van der Waals surface area (Å²) in [5.74, 6) is 1.28. The maximum atomic E-state index is 11.3. The summed E-state index contributed by atoms with van der Waals surface area (Å²) in [7, 11) is 0. The van der Waals surface area contributed by atoms with Crippen molar-refractivity contribution in [1.29, 1.82) is 0 Å². The van der Waals surface area contributed by atoms with Crippen molar-refractivity contribution in [2.45, 2.75) is 67.2 Å². The monoisotopic (exact) mass is 228 g/mol. The maximum absolute atomic E-state index is 11.3. The lowest BCUT2D eigenvalue weighted by molar-refractivity contribution is -0.126. The number of ketones is 2. The molecule has 16 heavy (non-hydrogen) atoms. The molecule has 0 amide bonds. The van der Waals surface area contributed by atoms with Crippen molar-refractivity contribution in [3.8, 4) is 0 Å². The molecule has 0 radical (unpaired) electrons. The third kappa shape index (κ3) is 8.63. The average Bonchev–Trinajstić information content (AvgIpc) is 2.35. The van der Waals surface area contributed by atoms with E-state index < -0.39 is 0 Å². The van der Waals surface area contributed by atoms with Crippen LogP contribution in [0, 0.1) is 11.8 Å². The molecular weight excluding hydrogens is 200 g/mol. The van der Waals surface area contributed by atoms with Gasteiger partial charge >= 0.3 is 0 Å². The molecule has 0 saturated heterocycles. The van der Waals surface area contributed by atoms with E-state index in [-0.39, 0.29) is 11.8 Å². The molecule has 2 atom stereocenters. The molecule has 0 aliphatic rings. The van der Waals surface area contributed by atoms with Crippen molar-refractivity contribution < 1.29 is 9.59 Å². The largest absolute Gasteiger partial charge is 0.300 e. The summed E-state index contributed by atoms with van der Waals surface area (Å²) in [6.07, 6.45) is 3.33. The highest BCUT2D eigenvalue weighted by Crippen LogP contribution is 2.12. The minimum absolute atomic E-state index is 0.259. The van der Waals surface area contributed by atoms with Crippen LogP contribution in [0.25, 0.3) is 0 Å². The van der Waals surface area contributed by atoms with Gasteiger partial charge in [-0.3, -0.25) is 9.59 Å². The van der Waals surface area contributed by atoms with Crippen molar-refractivity contribution >= 4 is 11.6 Å². The van der Waals surface area contributed by atoms with Crippen LogP contribution in [0.4, 0.5) is 0 Å². The van der Waals surface area contributed by atoms with E-state index in [1.165, 1.54) is 0 Å². The Morgan fingerprint density at radius 3 is 1.25 bits per heavy atom. The van der Waals surface area contributed by atoms with Gasteiger partial charge in [-0.1, -0.05) is 41.5 Å². The van der Waals surface area contributed by atoms with Crippen LogP contribution in [0.15, 0.2) is 0 Å². The molecule has 0 aliphatic carbocycles. The number of carbonyl (C=O) groups is 2. The molecular formula is C14H28O2. The Balaban J connectivity index is 0. The Kier molecular flexibility index (Phi) is 12.0. The number of Topliss-reactive ketones (excluding diaryl/α,β-unsaturated/α-hetero) is 2. The molecule has 2 nitrogen and oxygen atoms in total. The lowest BCUT2D eigenvalue weighted by Crippen LogP contribution is -2.17. The lowest BCUT2D eigenvalue weighted by atomic mass is 9.92. The zero-order valence-corrected chi connectivity index (χ0v) is 11.8. The van der Waals surface area contributed by atoms with E-state index >= 15 is 0 Å². The first kappa shape index (κ1) is 17.7. The molecule has 2 heteroatoms. The second-order valence-corrected chi connectivity index (χ2v) is 4.27. The van der Waals surface area contributed by atoms with Crippen molar-refractivity contribution in [3.63, 3.8) is 0 Å². The normalized spacial score (nSPS) is 13.4. The van der Waals surface area contributed by atoms with Crippen LogP contribution in [-0.2, 0) is 9.59 Å². The highest BCUT2D eigenvalue weighted by Gasteiger charge is 2.15. The fourth-order valence-electron chi connectivity index (χ4n) is 1.14. The van der Waals surface area contributed by atoms with Crippen LogP contribution in [-0.4, -0.2) is 11.6 Å². The Bertz CT molecular complexity index is 179. The second-order valence-electron chi connectivity index (χ2n) is 4.27. The van der Waals surface area contributed by atoms with E-state index in [1.807, 2.05) is 27.7 Å². The van der Waals surface area contributed by atoms with Crippen molar-refractivity contribution in [2.75, 3.05) is 0 Å². The molecule has 96 valence electrons. The Labute approximate surface area is 101 Å². The van der Waals surface area contributed by atoms with Gasteiger partial charge < -0.3 is 0 Å². The summed E-state index contributed by atoms with van der Waals surface area (Å²) in [5.41, 5.74) is 0. The van der Waals surface area contributed by atoms with Crippen molar-refractivity contribution in [2.24, 2.45) is 11.8 Å². The van der Waals surface area contributed by atoms with Crippen LogP contribution in [0.5, 0.6) is 0 Å². The topological polar surface area (TPSA) is 34.1 Å². The van der Waals surface area contributed by atoms with Crippen molar-refractivity contribution in [3.05, 3.63) is 0 Å². The zero-order valence-electron chi connectivity index (χ0n) is 11.8. The van der Waals surface area contributed by atoms with Crippen LogP contribution in [0.3, 0.4) is 0 Å². The molecule has 0 N–H and O–H groups in total. The number of rotatable bonds is 6. The van der Waals surface area contributed by atoms with E-state index in [0.29, 0.717) is 24.4 Å². The van der Waals surface area contributed by atoms with Crippen LogP contribution < -0.4 is 0 Å². The predicted octanol–water partition coefficient (Wildman–Crippen LogP) is 4.02. The predicted molar refractivity (Wildman–Crippen MR) is 69.5 cm³/mol.